The first-order valence-corrected chi connectivity index (χ1v) is 8.90. The van der Waals surface area contributed by atoms with Gasteiger partial charge in [0.15, 0.2) is 0 Å². The van der Waals surface area contributed by atoms with Crippen molar-refractivity contribution in [1.82, 2.24) is 0 Å². The molecule has 114 valence electrons. The Bertz CT molecular complexity index is 184. The van der Waals surface area contributed by atoms with Crippen LogP contribution in [-0.4, -0.2) is 25.3 Å². The lowest BCUT2D eigenvalue weighted by molar-refractivity contribution is -0.0531. The molecule has 0 heterocycles. The number of hydrogen-bond acceptors (Lipinski definition) is 2. The van der Waals surface area contributed by atoms with Crippen LogP contribution in [0.5, 0.6) is 0 Å². The highest BCUT2D eigenvalue weighted by Crippen LogP contribution is 2.06. The van der Waals surface area contributed by atoms with Crippen LogP contribution < -0.4 is 0 Å². The summed E-state index contributed by atoms with van der Waals surface area (Å²) < 4.78 is 10.8. The quantitative estimate of drug-likeness (QED) is 0.171. The van der Waals surface area contributed by atoms with E-state index in [1.165, 1.54) is 44.9 Å². The van der Waals surface area contributed by atoms with E-state index < -0.39 is 0 Å². The SMILES string of the molecule is CCCCCCCCCOCOCCC=CCCBr. The second-order valence-electron chi connectivity index (χ2n) is 4.79. The molecule has 0 atom stereocenters. The zero-order chi connectivity index (χ0) is 14.0. The molecule has 2 nitrogen and oxygen atoms in total. The molecule has 0 N–H and O–H groups in total. The van der Waals surface area contributed by atoms with Crippen molar-refractivity contribution < 1.29 is 9.47 Å². The minimum absolute atomic E-state index is 0.447. The third-order valence-electron chi connectivity index (χ3n) is 2.93. The topological polar surface area (TPSA) is 18.5 Å². The summed E-state index contributed by atoms with van der Waals surface area (Å²) >= 11 is 3.39. The molecule has 0 amide bonds. The van der Waals surface area contributed by atoms with Gasteiger partial charge in [0.25, 0.3) is 0 Å². The Labute approximate surface area is 128 Å². The summed E-state index contributed by atoms with van der Waals surface area (Å²) in [4.78, 5) is 0. The number of ether oxygens (including phenoxy) is 2. The van der Waals surface area contributed by atoms with Crippen LogP contribution in [-0.2, 0) is 9.47 Å². The lowest BCUT2D eigenvalue weighted by atomic mass is 10.1. The summed E-state index contributed by atoms with van der Waals surface area (Å²) in [5, 5.41) is 1.03. The lowest BCUT2D eigenvalue weighted by Gasteiger charge is -2.05. The molecule has 0 unspecified atom stereocenters. The maximum absolute atomic E-state index is 5.44. The summed E-state index contributed by atoms with van der Waals surface area (Å²) in [6, 6.07) is 0. The zero-order valence-corrected chi connectivity index (χ0v) is 14.1. The normalized spacial score (nSPS) is 11.5. The van der Waals surface area contributed by atoms with E-state index >= 15 is 0 Å². The maximum Gasteiger partial charge on any atom is 0.146 e. The van der Waals surface area contributed by atoms with Gasteiger partial charge >= 0.3 is 0 Å². The highest BCUT2D eigenvalue weighted by Gasteiger charge is 1.92. The van der Waals surface area contributed by atoms with Gasteiger partial charge in [-0.3, -0.25) is 0 Å². The van der Waals surface area contributed by atoms with Crippen molar-refractivity contribution in [3.05, 3.63) is 12.2 Å². The molecule has 0 rings (SSSR count). The molecule has 0 bridgehead atoms. The van der Waals surface area contributed by atoms with Gasteiger partial charge in [-0.25, -0.2) is 0 Å². The van der Waals surface area contributed by atoms with Crippen LogP contribution in [0.1, 0.15) is 64.7 Å². The largest absolute Gasteiger partial charge is 0.355 e. The third-order valence-corrected chi connectivity index (χ3v) is 3.39. The van der Waals surface area contributed by atoms with E-state index in [2.05, 4.69) is 35.0 Å². The molecule has 0 aliphatic carbocycles. The fourth-order valence-electron chi connectivity index (χ4n) is 1.79. The molecule has 0 radical (unpaired) electrons. The van der Waals surface area contributed by atoms with Gasteiger partial charge in [-0.2, -0.15) is 0 Å². The number of alkyl halides is 1. The molecule has 0 fully saturated rings. The van der Waals surface area contributed by atoms with Gasteiger partial charge in [0, 0.05) is 11.9 Å². The first-order chi connectivity index (χ1) is 9.41. The second kappa shape index (κ2) is 18.1. The molecule has 0 saturated carbocycles. The van der Waals surface area contributed by atoms with Gasteiger partial charge in [0.2, 0.25) is 0 Å². The van der Waals surface area contributed by atoms with Crippen molar-refractivity contribution in [2.24, 2.45) is 0 Å². The molecule has 3 heteroatoms. The number of halogens is 1. The minimum atomic E-state index is 0.447. The van der Waals surface area contributed by atoms with Crippen molar-refractivity contribution >= 4 is 15.9 Å². The molecule has 0 aliphatic heterocycles. The van der Waals surface area contributed by atoms with Crippen LogP contribution in [0.25, 0.3) is 0 Å². The number of rotatable bonds is 15. The van der Waals surface area contributed by atoms with E-state index in [1.807, 2.05) is 0 Å². The Kier molecular flexibility index (Phi) is 18.3. The molecular weight excluding hydrogens is 304 g/mol. The zero-order valence-electron chi connectivity index (χ0n) is 12.5. The fraction of sp³-hybridized carbons (Fsp3) is 0.875. The van der Waals surface area contributed by atoms with Crippen molar-refractivity contribution in [3.8, 4) is 0 Å². The van der Waals surface area contributed by atoms with E-state index in [4.69, 9.17) is 9.47 Å². The van der Waals surface area contributed by atoms with Crippen molar-refractivity contribution in [2.45, 2.75) is 64.7 Å². The van der Waals surface area contributed by atoms with Crippen LogP contribution in [0.2, 0.25) is 0 Å². The number of hydrogen-bond donors (Lipinski definition) is 0. The predicted molar refractivity (Wildman–Crippen MR) is 86.9 cm³/mol. The van der Waals surface area contributed by atoms with Crippen molar-refractivity contribution in [1.29, 1.82) is 0 Å². The highest BCUT2D eigenvalue weighted by atomic mass is 79.9. The van der Waals surface area contributed by atoms with Gasteiger partial charge < -0.3 is 9.47 Å². The van der Waals surface area contributed by atoms with Crippen LogP contribution in [0.3, 0.4) is 0 Å². The molecule has 0 saturated heterocycles. The molecule has 0 aromatic carbocycles. The third kappa shape index (κ3) is 18.1. The van der Waals surface area contributed by atoms with Gasteiger partial charge in [-0.15, -0.1) is 0 Å². The lowest BCUT2D eigenvalue weighted by Crippen LogP contribution is -2.02. The highest BCUT2D eigenvalue weighted by molar-refractivity contribution is 9.09. The first-order valence-electron chi connectivity index (χ1n) is 7.78. The van der Waals surface area contributed by atoms with E-state index in [-0.39, 0.29) is 0 Å². The molecule has 19 heavy (non-hydrogen) atoms. The monoisotopic (exact) mass is 334 g/mol. The van der Waals surface area contributed by atoms with Gasteiger partial charge in [0.1, 0.15) is 6.79 Å². The summed E-state index contributed by atoms with van der Waals surface area (Å²) in [6.45, 7) is 4.30. The predicted octanol–water partition coefficient (Wildman–Crippen LogP) is 5.46. The van der Waals surface area contributed by atoms with Crippen molar-refractivity contribution in [3.63, 3.8) is 0 Å². The number of unbranched alkanes of at least 4 members (excludes halogenated alkanes) is 6. The minimum Gasteiger partial charge on any atom is -0.355 e. The van der Waals surface area contributed by atoms with E-state index in [0.717, 1.165) is 31.4 Å². The number of allylic oxidation sites excluding steroid dienone is 1. The Morgan fingerprint density at radius 3 is 2.16 bits per heavy atom. The van der Waals surface area contributed by atoms with Gasteiger partial charge in [-0.05, 0) is 19.3 Å². The Morgan fingerprint density at radius 1 is 0.789 bits per heavy atom. The average molecular weight is 335 g/mol. The van der Waals surface area contributed by atoms with Crippen LogP contribution in [0.15, 0.2) is 12.2 Å². The Morgan fingerprint density at radius 2 is 1.42 bits per heavy atom. The molecule has 0 aliphatic rings. The van der Waals surface area contributed by atoms with E-state index in [9.17, 15) is 0 Å². The molecule has 0 aromatic rings. The Balaban J connectivity index is 2.95. The van der Waals surface area contributed by atoms with Crippen LogP contribution in [0, 0.1) is 0 Å². The smallest absolute Gasteiger partial charge is 0.146 e. The Hall–Kier alpha value is 0.140. The second-order valence-corrected chi connectivity index (χ2v) is 5.59. The molecule has 0 spiro atoms. The summed E-state index contributed by atoms with van der Waals surface area (Å²) in [5.41, 5.74) is 0. The maximum atomic E-state index is 5.44. The van der Waals surface area contributed by atoms with Crippen LogP contribution >= 0.6 is 15.9 Å². The average Bonchev–Trinajstić information content (AvgIpc) is 2.43. The summed E-state index contributed by atoms with van der Waals surface area (Å²) in [7, 11) is 0. The van der Waals surface area contributed by atoms with Crippen LogP contribution in [0.4, 0.5) is 0 Å². The van der Waals surface area contributed by atoms with E-state index in [0.29, 0.717) is 6.79 Å². The molecule has 0 aromatic heterocycles. The fourth-order valence-corrected chi connectivity index (χ4v) is 2.05. The van der Waals surface area contributed by atoms with Crippen molar-refractivity contribution in [2.75, 3.05) is 25.3 Å². The van der Waals surface area contributed by atoms with Gasteiger partial charge in [0.05, 0.1) is 6.61 Å². The summed E-state index contributed by atoms with van der Waals surface area (Å²) in [6.07, 6.45) is 15.7. The standard InChI is InChI=1S/C16H31BrO2/c1-2-3-4-5-6-8-11-14-18-16-19-15-12-9-7-10-13-17/h7,9H,2-6,8,10-16H2,1H3. The summed E-state index contributed by atoms with van der Waals surface area (Å²) in [5.74, 6) is 0. The molecular formula is C16H31BrO2. The first kappa shape index (κ1) is 19.1. The van der Waals surface area contributed by atoms with Gasteiger partial charge in [-0.1, -0.05) is 73.5 Å². The van der Waals surface area contributed by atoms with E-state index in [1.54, 1.807) is 0 Å².